The van der Waals surface area contributed by atoms with E-state index in [1.165, 1.54) is 0 Å². The number of nitriles is 1. The molecule has 0 aromatic carbocycles. The standard InChI is InChI=1S/C18H25NO5/c1-4-17(2,3)16(22)23-8-14(21)24-15-10-5-12-11(15)6-13(20)18(12,7-10)9-19/h10-12,15-16,22H,4-8H2,1-3H3. The quantitative estimate of drug-likeness (QED) is 0.587. The fourth-order valence-electron chi connectivity index (χ4n) is 4.63. The molecule has 2 bridgehead atoms. The molecule has 0 aliphatic heterocycles. The zero-order valence-electron chi connectivity index (χ0n) is 14.4. The summed E-state index contributed by atoms with van der Waals surface area (Å²) in [6, 6.07) is 2.24. The first-order valence-electron chi connectivity index (χ1n) is 8.69. The lowest BCUT2D eigenvalue weighted by atomic mass is 9.74. The van der Waals surface area contributed by atoms with Crippen LogP contribution < -0.4 is 0 Å². The molecule has 3 aliphatic carbocycles. The lowest BCUT2D eigenvalue weighted by Crippen LogP contribution is -2.38. The maximum Gasteiger partial charge on any atom is 0.332 e. The summed E-state index contributed by atoms with van der Waals surface area (Å²) >= 11 is 0. The van der Waals surface area contributed by atoms with E-state index in [-0.39, 0.29) is 36.2 Å². The summed E-state index contributed by atoms with van der Waals surface area (Å²) in [5, 5.41) is 19.4. The van der Waals surface area contributed by atoms with E-state index in [2.05, 4.69) is 6.07 Å². The van der Waals surface area contributed by atoms with Gasteiger partial charge >= 0.3 is 5.97 Å². The lowest BCUT2D eigenvalue weighted by molar-refractivity contribution is -0.190. The number of ketones is 1. The number of Topliss-reactive ketones (excluding diaryl/α,β-unsaturated/α-hetero) is 1. The smallest absolute Gasteiger partial charge is 0.332 e. The van der Waals surface area contributed by atoms with Crippen LogP contribution in [0.2, 0.25) is 0 Å². The van der Waals surface area contributed by atoms with Gasteiger partial charge in [-0.05, 0) is 31.1 Å². The van der Waals surface area contributed by atoms with Crippen molar-refractivity contribution in [1.82, 2.24) is 0 Å². The number of ether oxygens (including phenoxy) is 2. The van der Waals surface area contributed by atoms with Crippen molar-refractivity contribution in [2.45, 2.75) is 58.8 Å². The van der Waals surface area contributed by atoms with Crippen LogP contribution in [0, 0.1) is 39.9 Å². The minimum atomic E-state index is -1.03. The van der Waals surface area contributed by atoms with Crippen LogP contribution in [0.4, 0.5) is 0 Å². The molecule has 0 radical (unpaired) electrons. The Bertz CT molecular complexity index is 595. The molecule has 3 rings (SSSR count). The Kier molecular flexibility index (Phi) is 4.21. The molecule has 24 heavy (non-hydrogen) atoms. The van der Waals surface area contributed by atoms with Gasteiger partial charge in [-0.1, -0.05) is 20.8 Å². The molecule has 3 fully saturated rings. The number of hydrogen-bond acceptors (Lipinski definition) is 6. The normalized spacial score (nSPS) is 38.2. The molecular weight excluding hydrogens is 310 g/mol. The number of nitrogens with zero attached hydrogens (tertiary/aromatic N) is 1. The van der Waals surface area contributed by atoms with Crippen LogP contribution in [0.5, 0.6) is 0 Å². The van der Waals surface area contributed by atoms with Crippen molar-refractivity contribution in [3.8, 4) is 6.07 Å². The molecule has 6 atom stereocenters. The van der Waals surface area contributed by atoms with E-state index in [0.29, 0.717) is 12.8 Å². The van der Waals surface area contributed by atoms with Gasteiger partial charge in [0.1, 0.15) is 18.1 Å². The molecular formula is C18H25NO5. The minimum absolute atomic E-state index is 0.0115. The molecule has 0 heterocycles. The topological polar surface area (TPSA) is 96.6 Å². The van der Waals surface area contributed by atoms with Gasteiger partial charge in [-0.3, -0.25) is 4.79 Å². The van der Waals surface area contributed by atoms with Crippen molar-refractivity contribution in [3.63, 3.8) is 0 Å². The summed E-state index contributed by atoms with van der Waals surface area (Å²) in [6.45, 7) is 5.37. The number of aliphatic hydroxyl groups excluding tert-OH is 1. The van der Waals surface area contributed by atoms with Crippen LogP contribution in [0.3, 0.4) is 0 Å². The molecule has 0 saturated heterocycles. The monoisotopic (exact) mass is 335 g/mol. The van der Waals surface area contributed by atoms with Gasteiger partial charge in [0, 0.05) is 17.8 Å². The van der Waals surface area contributed by atoms with Crippen molar-refractivity contribution in [3.05, 3.63) is 0 Å². The van der Waals surface area contributed by atoms with Crippen molar-refractivity contribution >= 4 is 11.8 Å². The van der Waals surface area contributed by atoms with Crippen LogP contribution in [0.1, 0.15) is 46.5 Å². The Morgan fingerprint density at radius 1 is 1.54 bits per heavy atom. The Morgan fingerprint density at radius 3 is 2.88 bits per heavy atom. The highest BCUT2D eigenvalue weighted by molar-refractivity contribution is 5.91. The number of rotatable bonds is 6. The molecule has 0 aromatic rings. The van der Waals surface area contributed by atoms with Crippen molar-refractivity contribution in [1.29, 1.82) is 5.26 Å². The SMILES string of the molecule is CCC(C)(C)C(O)OCC(=O)OC1C2CC3C1CC(=O)C3(C#N)C2. The van der Waals surface area contributed by atoms with Crippen molar-refractivity contribution in [2.75, 3.05) is 6.61 Å². The van der Waals surface area contributed by atoms with Crippen LogP contribution in [0.15, 0.2) is 0 Å². The van der Waals surface area contributed by atoms with Gasteiger partial charge in [0.25, 0.3) is 0 Å². The predicted octanol–water partition coefficient (Wildman–Crippen LogP) is 1.81. The lowest BCUT2D eigenvalue weighted by Gasteiger charge is -2.31. The van der Waals surface area contributed by atoms with Gasteiger partial charge in [-0.2, -0.15) is 5.26 Å². The van der Waals surface area contributed by atoms with E-state index in [4.69, 9.17) is 9.47 Å². The zero-order chi connectivity index (χ0) is 17.7. The number of carbonyl (C=O) groups is 2. The second kappa shape index (κ2) is 5.82. The summed E-state index contributed by atoms with van der Waals surface area (Å²) in [4.78, 5) is 24.3. The van der Waals surface area contributed by atoms with Gasteiger partial charge in [-0.25, -0.2) is 4.79 Å². The van der Waals surface area contributed by atoms with Crippen LogP contribution >= 0.6 is 0 Å². The molecule has 6 unspecified atom stereocenters. The number of carbonyl (C=O) groups excluding carboxylic acids is 2. The third-order valence-electron chi connectivity index (χ3n) is 6.50. The molecule has 6 heteroatoms. The maximum absolute atomic E-state index is 12.2. The van der Waals surface area contributed by atoms with E-state index < -0.39 is 23.1 Å². The first kappa shape index (κ1) is 17.4. The predicted molar refractivity (Wildman–Crippen MR) is 83.3 cm³/mol. The van der Waals surface area contributed by atoms with Crippen LogP contribution in [-0.2, 0) is 19.1 Å². The van der Waals surface area contributed by atoms with E-state index in [1.54, 1.807) is 0 Å². The van der Waals surface area contributed by atoms with Crippen LogP contribution in [0.25, 0.3) is 0 Å². The Balaban J connectivity index is 1.56. The molecule has 3 saturated carbocycles. The van der Waals surface area contributed by atoms with Gasteiger partial charge in [0.15, 0.2) is 12.1 Å². The molecule has 1 N–H and O–H groups in total. The third-order valence-corrected chi connectivity index (χ3v) is 6.50. The zero-order valence-corrected chi connectivity index (χ0v) is 14.4. The van der Waals surface area contributed by atoms with Gasteiger partial charge in [-0.15, -0.1) is 0 Å². The van der Waals surface area contributed by atoms with Gasteiger partial charge in [0.05, 0.1) is 6.07 Å². The molecule has 0 amide bonds. The van der Waals surface area contributed by atoms with Gasteiger partial charge < -0.3 is 14.6 Å². The Morgan fingerprint density at radius 2 is 2.25 bits per heavy atom. The summed E-state index contributed by atoms with van der Waals surface area (Å²) in [6.07, 6.45) is 1.02. The first-order valence-corrected chi connectivity index (χ1v) is 8.69. The molecule has 3 aliphatic rings. The summed E-state index contributed by atoms with van der Waals surface area (Å²) in [5.74, 6) is -0.412. The average Bonchev–Trinajstić information content (AvgIpc) is 3.14. The Labute approximate surface area is 142 Å². The molecule has 0 aromatic heterocycles. The first-order chi connectivity index (χ1) is 11.2. The van der Waals surface area contributed by atoms with Crippen molar-refractivity contribution in [2.24, 2.45) is 28.6 Å². The number of fused-ring (bicyclic) bond motifs is 1. The third kappa shape index (κ3) is 2.46. The van der Waals surface area contributed by atoms with Crippen molar-refractivity contribution < 1.29 is 24.2 Å². The van der Waals surface area contributed by atoms with Gasteiger partial charge in [0.2, 0.25) is 0 Å². The number of esters is 1. The van der Waals surface area contributed by atoms with E-state index in [9.17, 15) is 20.0 Å². The fourth-order valence-corrected chi connectivity index (χ4v) is 4.63. The number of aliphatic hydroxyl groups is 1. The highest BCUT2D eigenvalue weighted by atomic mass is 16.6. The number of hydrogen-bond donors (Lipinski definition) is 1. The molecule has 0 spiro atoms. The summed E-state index contributed by atoms with van der Waals surface area (Å²) in [7, 11) is 0. The summed E-state index contributed by atoms with van der Waals surface area (Å²) < 4.78 is 10.8. The maximum atomic E-state index is 12.2. The minimum Gasteiger partial charge on any atom is -0.460 e. The average molecular weight is 335 g/mol. The second-order valence-corrected chi connectivity index (χ2v) is 8.14. The molecule has 6 nitrogen and oxygen atoms in total. The fraction of sp³-hybridized carbons (Fsp3) is 0.833. The second-order valence-electron chi connectivity index (χ2n) is 8.14. The van der Waals surface area contributed by atoms with E-state index in [1.807, 2.05) is 20.8 Å². The van der Waals surface area contributed by atoms with E-state index in [0.717, 1.165) is 12.8 Å². The highest BCUT2D eigenvalue weighted by Crippen LogP contribution is 2.65. The molecule has 132 valence electrons. The summed E-state index contributed by atoms with van der Waals surface area (Å²) in [5.41, 5.74) is -1.26. The van der Waals surface area contributed by atoms with Crippen LogP contribution in [-0.4, -0.2) is 35.9 Å². The van der Waals surface area contributed by atoms with E-state index >= 15 is 0 Å². The highest BCUT2D eigenvalue weighted by Gasteiger charge is 2.69. The largest absolute Gasteiger partial charge is 0.460 e. The Hall–Kier alpha value is -1.45.